The number of rotatable bonds is 3. The highest BCUT2D eigenvalue weighted by Gasteiger charge is 2.21. The van der Waals surface area contributed by atoms with Crippen LogP contribution in [-0.2, 0) is 11.8 Å². The molecule has 1 fully saturated rings. The minimum absolute atomic E-state index is 0.0664. The first kappa shape index (κ1) is 15.8. The Morgan fingerprint density at radius 1 is 1.16 bits per heavy atom. The molecule has 2 aromatic heterocycles. The van der Waals surface area contributed by atoms with E-state index in [0.717, 1.165) is 47.8 Å². The number of nitrogens with zero attached hydrogens (tertiary/aromatic N) is 3. The number of aryl methyl sites for hydroxylation is 1. The van der Waals surface area contributed by atoms with Crippen molar-refractivity contribution < 1.29 is 4.79 Å². The number of anilines is 1. The molecule has 0 spiro atoms. The zero-order valence-electron chi connectivity index (χ0n) is 14.2. The number of carbonyl (C=O) groups is 1. The van der Waals surface area contributed by atoms with E-state index in [9.17, 15) is 4.79 Å². The van der Waals surface area contributed by atoms with Gasteiger partial charge in [-0.05, 0) is 49.0 Å². The summed E-state index contributed by atoms with van der Waals surface area (Å²) in [7, 11) is 1.91. The lowest BCUT2D eigenvalue weighted by Gasteiger charge is -2.21. The van der Waals surface area contributed by atoms with Gasteiger partial charge in [0, 0.05) is 36.3 Å². The predicted octanol–water partition coefficient (Wildman–Crippen LogP) is 2.57. The van der Waals surface area contributed by atoms with Gasteiger partial charge < -0.3 is 10.6 Å². The first-order valence-electron chi connectivity index (χ1n) is 8.59. The Balaban J connectivity index is 1.59. The van der Waals surface area contributed by atoms with Crippen LogP contribution in [0.2, 0.25) is 0 Å². The van der Waals surface area contributed by atoms with E-state index in [0.29, 0.717) is 5.82 Å². The summed E-state index contributed by atoms with van der Waals surface area (Å²) in [6, 6.07) is 8.15. The van der Waals surface area contributed by atoms with Crippen molar-refractivity contribution in [2.75, 3.05) is 18.4 Å². The van der Waals surface area contributed by atoms with E-state index in [4.69, 9.17) is 0 Å². The van der Waals surface area contributed by atoms with Gasteiger partial charge in [-0.3, -0.25) is 9.48 Å². The number of pyridine rings is 1. The third-order valence-electron chi connectivity index (χ3n) is 4.72. The zero-order chi connectivity index (χ0) is 17.2. The van der Waals surface area contributed by atoms with Crippen molar-refractivity contribution in [3.05, 3.63) is 42.9 Å². The first-order chi connectivity index (χ1) is 12.2. The summed E-state index contributed by atoms with van der Waals surface area (Å²) in [5.41, 5.74) is 2.17. The van der Waals surface area contributed by atoms with Crippen LogP contribution in [0.5, 0.6) is 0 Å². The molecule has 0 radical (unpaired) electrons. The van der Waals surface area contributed by atoms with Crippen LogP contribution in [0.3, 0.4) is 0 Å². The fourth-order valence-corrected chi connectivity index (χ4v) is 3.27. The van der Waals surface area contributed by atoms with Crippen molar-refractivity contribution in [3.8, 4) is 11.1 Å². The third kappa shape index (κ3) is 3.39. The summed E-state index contributed by atoms with van der Waals surface area (Å²) in [6.45, 7) is 1.80. The smallest absolute Gasteiger partial charge is 0.228 e. The van der Waals surface area contributed by atoms with Gasteiger partial charge in [0.25, 0.3) is 0 Å². The van der Waals surface area contributed by atoms with E-state index in [1.54, 1.807) is 10.9 Å². The maximum absolute atomic E-state index is 12.4. The summed E-state index contributed by atoms with van der Waals surface area (Å²) >= 11 is 0. The lowest BCUT2D eigenvalue weighted by molar-refractivity contribution is -0.120. The van der Waals surface area contributed by atoms with E-state index in [2.05, 4.69) is 32.8 Å². The van der Waals surface area contributed by atoms with Gasteiger partial charge in [-0.15, -0.1) is 0 Å². The van der Waals surface area contributed by atoms with Crippen molar-refractivity contribution in [2.24, 2.45) is 13.0 Å². The van der Waals surface area contributed by atoms with Gasteiger partial charge in [-0.1, -0.05) is 12.1 Å². The number of piperidine rings is 1. The fourth-order valence-electron chi connectivity index (χ4n) is 3.27. The number of aromatic nitrogens is 3. The molecule has 6 nitrogen and oxygen atoms in total. The second kappa shape index (κ2) is 6.64. The van der Waals surface area contributed by atoms with Gasteiger partial charge in [0.05, 0.1) is 6.20 Å². The largest absolute Gasteiger partial charge is 0.317 e. The molecular weight excluding hydrogens is 314 g/mol. The normalized spacial score (nSPS) is 15.4. The highest BCUT2D eigenvalue weighted by molar-refractivity contribution is 5.95. The maximum Gasteiger partial charge on any atom is 0.228 e. The SMILES string of the molecule is Cn1cc(-c2ccc3cnc(NC(=O)C4CCNCC4)cc3c2)cn1. The molecule has 3 heterocycles. The third-order valence-corrected chi connectivity index (χ3v) is 4.72. The molecule has 1 saturated heterocycles. The molecule has 1 aliphatic rings. The Kier molecular flexibility index (Phi) is 4.19. The predicted molar refractivity (Wildman–Crippen MR) is 98.2 cm³/mol. The number of benzene rings is 1. The average Bonchev–Trinajstić information content (AvgIpc) is 3.08. The summed E-state index contributed by atoms with van der Waals surface area (Å²) < 4.78 is 1.79. The van der Waals surface area contributed by atoms with Gasteiger partial charge in [0.15, 0.2) is 0 Å². The molecule has 1 aromatic carbocycles. The lowest BCUT2D eigenvalue weighted by Crippen LogP contribution is -2.34. The van der Waals surface area contributed by atoms with Crippen molar-refractivity contribution in [2.45, 2.75) is 12.8 Å². The van der Waals surface area contributed by atoms with Crippen molar-refractivity contribution in [3.63, 3.8) is 0 Å². The Morgan fingerprint density at radius 3 is 2.76 bits per heavy atom. The van der Waals surface area contributed by atoms with Crippen LogP contribution in [0.15, 0.2) is 42.9 Å². The van der Waals surface area contributed by atoms with Crippen LogP contribution in [0.4, 0.5) is 5.82 Å². The Labute approximate surface area is 146 Å². The second-order valence-electron chi connectivity index (χ2n) is 6.55. The van der Waals surface area contributed by atoms with Gasteiger partial charge >= 0.3 is 0 Å². The van der Waals surface area contributed by atoms with E-state index in [-0.39, 0.29) is 11.8 Å². The van der Waals surface area contributed by atoms with Crippen molar-refractivity contribution in [1.82, 2.24) is 20.1 Å². The zero-order valence-corrected chi connectivity index (χ0v) is 14.2. The molecule has 1 aliphatic heterocycles. The number of fused-ring (bicyclic) bond motifs is 1. The maximum atomic E-state index is 12.4. The quantitative estimate of drug-likeness (QED) is 0.772. The highest BCUT2D eigenvalue weighted by Crippen LogP contribution is 2.25. The van der Waals surface area contributed by atoms with E-state index in [1.807, 2.05) is 31.6 Å². The van der Waals surface area contributed by atoms with Gasteiger partial charge in [0.2, 0.25) is 5.91 Å². The Bertz CT molecular complexity index is 911. The Hall–Kier alpha value is -2.73. The number of carbonyl (C=O) groups excluding carboxylic acids is 1. The average molecular weight is 335 g/mol. The molecule has 128 valence electrons. The molecule has 2 N–H and O–H groups in total. The summed E-state index contributed by atoms with van der Waals surface area (Å²) in [6.07, 6.45) is 7.40. The monoisotopic (exact) mass is 335 g/mol. The van der Waals surface area contributed by atoms with Crippen molar-refractivity contribution >= 4 is 22.5 Å². The molecule has 0 unspecified atom stereocenters. The first-order valence-corrected chi connectivity index (χ1v) is 8.59. The standard InChI is InChI=1S/C19H21N5O/c1-24-12-17(11-22-24)14-2-3-15-10-21-18(9-16(15)8-14)23-19(25)13-4-6-20-7-5-13/h2-3,8-13,20H,4-7H2,1H3,(H,21,23,25). The second-order valence-corrected chi connectivity index (χ2v) is 6.55. The number of nitrogens with one attached hydrogen (secondary N) is 2. The molecule has 6 heteroatoms. The molecule has 3 aromatic rings. The molecule has 25 heavy (non-hydrogen) atoms. The van der Waals surface area contributed by atoms with Gasteiger partial charge in [-0.25, -0.2) is 4.98 Å². The molecular formula is C19H21N5O. The van der Waals surface area contributed by atoms with E-state index >= 15 is 0 Å². The molecule has 1 amide bonds. The summed E-state index contributed by atoms with van der Waals surface area (Å²) in [4.78, 5) is 16.8. The van der Waals surface area contributed by atoms with Crippen LogP contribution in [0, 0.1) is 5.92 Å². The summed E-state index contributed by atoms with van der Waals surface area (Å²) in [5, 5.41) is 12.6. The number of hydrogen-bond acceptors (Lipinski definition) is 4. The molecule has 4 rings (SSSR count). The van der Waals surface area contributed by atoms with Crippen LogP contribution < -0.4 is 10.6 Å². The minimum atomic E-state index is 0.0664. The molecule has 0 bridgehead atoms. The van der Waals surface area contributed by atoms with E-state index in [1.165, 1.54) is 0 Å². The van der Waals surface area contributed by atoms with Gasteiger partial charge in [0.1, 0.15) is 5.82 Å². The van der Waals surface area contributed by atoms with E-state index < -0.39 is 0 Å². The molecule has 0 aliphatic carbocycles. The van der Waals surface area contributed by atoms with Gasteiger partial charge in [-0.2, -0.15) is 5.10 Å². The summed E-state index contributed by atoms with van der Waals surface area (Å²) in [5.74, 6) is 0.747. The van der Waals surface area contributed by atoms with Crippen LogP contribution >= 0.6 is 0 Å². The minimum Gasteiger partial charge on any atom is -0.317 e. The van der Waals surface area contributed by atoms with Crippen LogP contribution in [0.25, 0.3) is 21.9 Å². The Morgan fingerprint density at radius 2 is 2.00 bits per heavy atom. The highest BCUT2D eigenvalue weighted by atomic mass is 16.1. The van der Waals surface area contributed by atoms with Crippen molar-refractivity contribution in [1.29, 1.82) is 0 Å². The number of amides is 1. The lowest BCUT2D eigenvalue weighted by atomic mass is 9.97. The van der Waals surface area contributed by atoms with Crippen LogP contribution in [-0.4, -0.2) is 33.8 Å². The molecule has 0 saturated carbocycles. The van der Waals surface area contributed by atoms with Crippen LogP contribution in [0.1, 0.15) is 12.8 Å². The number of hydrogen-bond donors (Lipinski definition) is 2. The molecule has 0 atom stereocenters. The topological polar surface area (TPSA) is 71.8 Å². The fraction of sp³-hybridized carbons (Fsp3) is 0.316.